The zero-order valence-electron chi connectivity index (χ0n) is 19.7. The van der Waals surface area contributed by atoms with Gasteiger partial charge < -0.3 is 10.2 Å². The van der Waals surface area contributed by atoms with E-state index < -0.39 is 19.1 Å². The van der Waals surface area contributed by atoms with E-state index in [9.17, 15) is 14.7 Å². The minimum absolute atomic E-state index is 0.0209. The SMILES string of the molecule is C=Cc1cc(C(C)=O)ccc1CO.[2H]C([2H])=C([2H])c1cc(C(C)=O)ccc1C([2H])([2H])O. The molecule has 0 saturated heterocycles. The molecule has 0 aliphatic carbocycles. The fraction of sp³-hybridized carbons (Fsp3) is 0.182. The number of carbonyl (C=O) groups is 2. The van der Waals surface area contributed by atoms with Crippen LogP contribution in [0.15, 0.2) is 49.5 Å². The number of rotatable bonds is 6. The maximum Gasteiger partial charge on any atom is 0.159 e. The van der Waals surface area contributed by atoms with E-state index in [1.807, 2.05) is 0 Å². The highest BCUT2D eigenvalue weighted by atomic mass is 16.3. The lowest BCUT2D eigenvalue weighted by molar-refractivity contribution is 0.100. The summed E-state index contributed by atoms with van der Waals surface area (Å²) in [6, 6.07) is 8.36. The largest absolute Gasteiger partial charge is 0.392 e. The highest BCUT2D eigenvalue weighted by molar-refractivity contribution is 5.95. The number of benzene rings is 2. The lowest BCUT2D eigenvalue weighted by atomic mass is 10.0. The van der Waals surface area contributed by atoms with Crippen molar-refractivity contribution in [3.05, 3.63) is 82.9 Å². The van der Waals surface area contributed by atoms with Gasteiger partial charge in [-0.15, -0.1) is 0 Å². The molecule has 2 aromatic carbocycles. The first-order valence-electron chi connectivity index (χ1n) is 10.2. The monoisotopic (exact) mass is 357 g/mol. The van der Waals surface area contributed by atoms with Crippen molar-refractivity contribution in [2.75, 3.05) is 0 Å². The summed E-state index contributed by atoms with van der Waals surface area (Å²) in [4.78, 5) is 22.2. The zero-order valence-corrected chi connectivity index (χ0v) is 14.7. The molecule has 0 spiro atoms. The Bertz CT molecular complexity index is 1020. The van der Waals surface area contributed by atoms with Gasteiger partial charge in [-0.2, -0.15) is 0 Å². The fourth-order valence-corrected chi connectivity index (χ4v) is 2.11. The Hall–Kier alpha value is -2.82. The van der Waals surface area contributed by atoms with Crippen LogP contribution in [0.1, 0.15) is 63.7 Å². The molecule has 0 unspecified atom stereocenters. The Morgan fingerprint density at radius 1 is 1.08 bits per heavy atom. The standard InChI is InChI=1S/2C11H12O2/c2*1-3-9-6-10(8(2)13)4-5-11(9)7-12/h2*3-6,12H,1,7H2,2H3/i1D2,3D,7D2;. The number of hydrogen-bond donors (Lipinski definition) is 2. The normalized spacial score (nSPS) is 12.8. The summed E-state index contributed by atoms with van der Waals surface area (Å²) < 4.78 is 36.2. The predicted octanol–water partition coefficient (Wildman–Crippen LogP) is 4.05. The number of aliphatic hydroxyl groups is 2. The van der Waals surface area contributed by atoms with Crippen LogP contribution in [0.25, 0.3) is 12.1 Å². The van der Waals surface area contributed by atoms with Crippen molar-refractivity contribution < 1.29 is 26.7 Å². The van der Waals surface area contributed by atoms with Crippen LogP contribution in [0.5, 0.6) is 0 Å². The molecule has 136 valence electrons. The summed E-state index contributed by atoms with van der Waals surface area (Å²) in [6.07, 6.45) is 1.64. The van der Waals surface area contributed by atoms with Crippen molar-refractivity contribution in [1.29, 1.82) is 0 Å². The van der Waals surface area contributed by atoms with E-state index >= 15 is 0 Å². The molecule has 0 aromatic heterocycles. The van der Waals surface area contributed by atoms with Crippen LogP contribution in [0, 0.1) is 0 Å². The quantitative estimate of drug-likeness (QED) is 0.765. The maximum absolute atomic E-state index is 11.2. The summed E-state index contributed by atoms with van der Waals surface area (Å²) >= 11 is 0. The third kappa shape index (κ3) is 5.62. The number of Topliss-reactive ketones (excluding diaryl/α,β-unsaturated/α-hetero) is 2. The van der Waals surface area contributed by atoms with E-state index in [-0.39, 0.29) is 34.9 Å². The highest BCUT2D eigenvalue weighted by Crippen LogP contribution is 2.14. The summed E-state index contributed by atoms with van der Waals surface area (Å²) in [5.41, 5.74) is 2.11. The van der Waals surface area contributed by atoms with Gasteiger partial charge in [0.15, 0.2) is 11.6 Å². The molecule has 0 bridgehead atoms. The van der Waals surface area contributed by atoms with Gasteiger partial charge in [0.25, 0.3) is 0 Å². The van der Waals surface area contributed by atoms with E-state index in [2.05, 4.69) is 6.58 Å². The summed E-state index contributed by atoms with van der Waals surface area (Å²) in [6.45, 7) is 2.89. The molecule has 2 rings (SSSR count). The van der Waals surface area contributed by atoms with Crippen molar-refractivity contribution in [2.24, 2.45) is 0 Å². The maximum atomic E-state index is 11.2. The van der Waals surface area contributed by atoms with Gasteiger partial charge in [-0.1, -0.05) is 49.5 Å². The van der Waals surface area contributed by atoms with Crippen LogP contribution in [-0.4, -0.2) is 21.8 Å². The third-order valence-corrected chi connectivity index (χ3v) is 3.62. The first kappa shape index (κ1) is 14.4. The number of ketones is 2. The second-order valence-electron chi connectivity index (χ2n) is 5.39. The third-order valence-electron chi connectivity index (χ3n) is 3.62. The lowest BCUT2D eigenvalue weighted by Crippen LogP contribution is -1.95. The van der Waals surface area contributed by atoms with E-state index in [1.54, 1.807) is 24.3 Å². The molecule has 0 amide bonds. The second-order valence-corrected chi connectivity index (χ2v) is 5.39. The molecule has 0 saturated carbocycles. The molecule has 0 aliphatic heterocycles. The first-order valence-corrected chi connectivity index (χ1v) is 7.72. The van der Waals surface area contributed by atoms with E-state index in [4.69, 9.17) is 12.0 Å². The summed E-state index contributed by atoms with van der Waals surface area (Å²) in [7, 11) is 0. The number of aliphatic hydroxyl groups excluding tert-OH is 1. The molecule has 0 aliphatic rings. The summed E-state index contributed by atoms with van der Waals surface area (Å²) in [5, 5.41) is 18.3. The molecular formula is C22H24O4. The van der Waals surface area contributed by atoms with Crippen LogP contribution in [0.3, 0.4) is 0 Å². The Morgan fingerprint density at radius 3 is 2.04 bits per heavy atom. The average Bonchev–Trinajstić information content (AvgIpc) is 2.71. The molecule has 2 N–H and O–H groups in total. The highest BCUT2D eigenvalue weighted by Gasteiger charge is 2.04. The first-order chi connectivity index (χ1) is 14.3. The smallest absolute Gasteiger partial charge is 0.159 e. The van der Waals surface area contributed by atoms with Crippen molar-refractivity contribution in [2.45, 2.75) is 27.0 Å². The molecule has 0 heterocycles. The van der Waals surface area contributed by atoms with Gasteiger partial charge in [0, 0.05) is 11.1 Å². The lowest BCUT2D eigenvalue weighted by Gasteiger charge is -2.03. The molecule has 26 heavy (non-hydrogen) atoms. The van der Waals surface area contributed by atoms with Crippen molar-refractivity contribution >= 4 is 23.7 Å². The van der Waals surface area contributed by atoms with Gasteiger partial charge in [-0.3, -0.25) is 9.59 Å². The van der Waals surface area contributed by atoms with E-state index in [0.29, 0.717) is 5.56 Å². The van der Waals surface area contributed by atoms with Gasteiger partial charge in [0.1, 0.15) is 0 Å². The fourth-order valence-electron chi connectivity index (χ4n) is 2.11. The zero-order chi connectivity index (χ0) is 23.9. The molecule has 4 nitrogen and oxygen atoms in total. The molecule has 4 heteroatoms. The molecular weight excluding hydrogens is 328 g/mol. The Labute approximate surface area is 161 Å². The van der Waals surface area contributed by atoms with Crippen molar-refractivity contribution in [3.8, 4) is 0 Å². The molecule has 2 aromatic rings. The average molecular weight is 357 g/mol. The van der Waals surface area contributed by atoms with E-state index in [0.717, 1.165) is 11.1 Å². The Kier molecular flexibility index (Phi) is 5.65. The Balaban J connectivity index is 0.000000327. The van der Waals surface area contributed by atoms with Crippen molar-refractivity contribution in [1.82, 2.24) is 0 Å². The van der Waals surface area contributed by atoms with Gasteiger partial charge in [0.05, 0.1) is 20.0 Å². The molecule has 0 atom stereocenters. The Morgan fingerprint density at radius 2 is 1.62 bits per heavy atom. The summed E-state index contributed by atoms with van der Waals surface area (Å²) in [5.74, 6) is -0.266. The van der Waals surface area contributed by atoms with Gasteiger partial charge in [-0.05, 0) is 48.2 Å². The molecule has 0 fully saturated rings. The topological polar surface area (TPSA) is 74.6 Å². The minimum Gasteiger partial charge on any atom is -0.392 e. The minimum atomic E-state index is -2.70. The van der Waals surface area contributed by atoms with Gasteiger partial charge in [-0.25, -0.2) is 0 Å². The van der Waals surface area contributed by atoms with E-state index in [1.165, 1.54) is 32.0 Å². The van der Waals surface area contributed by atoms with Gasteiger partial charge >= 0.3 is 0 Å². The van der Waals surface area contributed by atoms with Crippen LogP contribution in [0.4, 0.5) is 0 Å². The second kappa shape index (κ2) is 10.2. The molecule has 0 radical (unpaired) electrons. The van der Waals surface area contributed by atoms with Crippen LogP contribution >= 0.6 is 0 Å². The van der Waals surface area contributed by atoms with Gasteiger partial charge in [0.2, 0.25) is 0 Å². The van der Waals surface area contributed by atoms with Crippen molar-refractivity contribution in [3.63, 3.8) is 0 Å². The van der Waals surface area contributed by atoms with Crippen LogP contribution in [-0.2, 0) is 13.2 Å². The predicted molar refractivity (Wildman–Crippen MR) is 105 cm³/mol. The number of carbonyl (C=O) groups excluding carboxylic acids is 2. The van der Waals surface area contributed by atoms with Crippen LogP contribution < -0.4 is 0 Å². The number of hydrogen-bond acceptors (Lipinski definition) is 4. The van der Waals surface area contributed by atoms with Crippen LogP contribution in [0.2, 0.25) is 0 Å².